The number of carbonyl (C=O) groups is 1. The first-order valence-corrected chi connectivity index (χ1v) is 6.03. The number of carbonyl (C=O) groups excluding carboxylic acids is 1. The van der Waals surface area contributed by atoms with Crippen LogP contribution in [0.1, 0.15) is 12.8 Å². The van der Waals surface area contributed by atoms with Gasteiger partial charge in [-0.25, -0.2) is 4.79 Å². The predicted octanol–water partition coefficient (Wildman–Crippen LogP) is 1.35. The van der Waals surface area contributed by atoms with E-state index in [4.69, 9.17) is 4.74 Å². The molecule has 1 atom stereocenters. The maximum Gasteiger partial charge on any atom is 0.330 e. The lowest BCUT2D eigenvalue weighted by molar-refractivity contribution is -0.141. The second kappa shape index (κ2) is 6.08. The summed E-state index contributed by atoms with van der Waals surface area (Å²) in [4.78, 5) is 15.6. The van der Waals surface area contributed by atoms with Crippen LogP contribution in [0.15, 0.2) is 29.3 Å². The Morgan fingerprint density at radius 3 is 2.63 bits per heavy atom. The van der Waals surface area contributed by atoms with Crippen LogP contribution in [-0.2, 0) is 9.53 Å². The Labute approximate surface area is 111 Å². The molecule has 1 aromatic rings. The van der Waals surface area contributed by atoms with Crippen LogP contribution in [0.5, 0.6) is 5.75 Å². The molecule has 0 aliphatic carbocycles. The largest absolute Gasteiger partial charge is 0.497 e. The van der Waals surface area contributed by atoms with Crippen molar-refractivity contribution in [2.75, 3.05) is 19.6 Å². The van der Waals surface area contributed by atoms with E-state index in [9.17, 15) is 4.79 Å². The van der Waals surface area contributed by atoms with E-state index in [1.165, 1.54) is 7.11 Å². The van der Waals surface area contributed by atoms with Crippen LogP contribution >= 0.6 is 0 Å². The summed E-state index contributed by atoms with van der Waals surface area (Å²) in [7, 11) is 3.00. The standard InChI is InChI=1S/C13H17N3O3/c1-18-10-5-3-9(4-6-10)15-16-12-8-7-11(14-12)13(17)19-2/h3-6,11,15H,7-8H2,1-2H3,(H,14,16). The SMILES string of the molecule is COC(=O)C1CCC(NNc2ccc(OC)cc2)=N1. The van der Waals surface area contributed by atoms with Crippen LogP contribution in [0.3, 0.4) is 0 Å². The zero-order valence-corrected chi connectivity index (χ0v) is 11.0. The number of benzene rings is 1. The number of rotatable bonds is 4. The lowest BCUT2D eigenvalue weighted by Gasteiger charge is -2.09. The Bertz CT molecular complexity index is 471. The highest BCUT2D eigenvalue weighted by molar-refractivity contribution is 5.90. The zero-order valence-electron chi connectivity index (χ0n) is 11.0. The number of hydrogen-bond donors (Lipinski definition) is 2. The number of aliphatic imine (C=N–C) groups is 1. The monoisotopic (exact) mass is 263 g/mol. The molecule has 1 aliphatic heterocycles. The first-order chi connectivity index (χ1) is 9.22. The predicted molar refractivity (Wildman–Crippen MR) is 72.2 cm³/mol. The van der Waals surface area contributed by atoms with Crippen molar-refractivity contribution < 1.29 is 14.3 Å². The second-order valence-corrected chi connectivity index (χ2v) is 4.13. The van der Waals surface area contributed by atoms with Crippen molar-refractivity contribution in [3.8, 4) is 5.75 Å². The number of anilines is 1. The summed E-state index contributed by atoms with van der Waals surface area (Å²) in [6.07, 6.45) is 1.40. The van der Waals surface area contributed by atoms with Crippen molar-refractivity contribution in [2.45, 2.75) is 18.9 Å². The molecule has 0 radical (unpaired) electrons. The summed E-state index contributed by atoms with van der Waals surface area (Å²) in [6, 6.07) is 7.11. The van der Waals surface area contributed by atoms with Gasteiger partial charge >= 0.3 is 5.97 Å². The molecule has 0 fully saturated rings. The fraction of sp³-hybridized carbons (Fsp3) is 0.385. The van der Waals surface area contributed by atoms with Gasteiger partial charge in [-0.3, -0.25) is 15.8 Å². The van der Waals surface area contributed by atoms with E-state index in [0.717, 1.165) is 23.7 Å². The molecule has 1 heterocycles. The minimum Gasteiger partial charge on any atom is -0.497 e. The van der Waals surface area contributed by atoms with Crippen LogP contribution in [0, 0.1) is 0 Å². The van der Waals surface area contributed by atoms with E-state index in [1.807, 2.05) is 24.3 Å². The molecule has 102 valence electrons. The van der Waals surface area contributed by atoms with Crippen LogP contribution in [-0.4, -0.2) is 32.1 Å². The first kappa shape index (κ1) is 13.2. The van der Waals surface area contributed by atoms with E-state index < -0.39 is 0 Å². The Balaban J connectivity index is 1.87. The number of nitrogens with zero attached hydrogens (tertiary/aromatic N) is 1. The fourth-order valence-corrected chi connectivity index (χ4v) is 1.81. The summed E-state index contributed by atoms with van der Waals surface area (Å²) in [5.41, 5.74) is 6.92. The smallest absolute Gasteiger partial charge is 0.330 e. The molecule has 0 saturated carbocycles. The van der Waals surface area contributed by atoms with Gasteiger partial charge < -0.3 is 9.47 Å². The molecule has 6 heteroatoms. The van der Waals surface area contributed by atoms with Gasteiger partial charge in [0.1, 0.15) is 17.6 Å². The summed E-state index contributed by atoms with van der Waals surface area (Å²) >= 11 is 0. The summed E-state index contributed by atoms with van der Waals surface area (Å²) in [6.45, 7) is 0. The van der Waals surface area contributed by atoms with Gasteiger partial charge in [0.05, 0.1) is 19.9 Å². The Hall–Kier alpha value is -2.24. The maximum absolute atomic E-state index is 11.3. The Kier molecular flexibility index (Phi) is 4.22. The number of amidine groups is 1. The number of nitrogens with one attached hydrogen (secondary N) is 2. The highest BCUT2D eigenvalue weighted by Crippen LogP contribution is 2.16. The van der Waals surface area contributed by atoms with Gasteiger partial charge in [-0.15, -0.1) is 0 Å². The van der Waals surface area contributed by atoms with Crippen LogP contribution in [0.2, 0.25) is 0 Å². The van der Waals surface area contributed by atoms with Gasteiger partial charge in [0, 0.05) is 6.42 Å². The highest BCUT2D eigenvalue weighted by Gasteiger charge is 2.24. The molecule has 0 spiro atoms. The average molecular weight is 263 g/mol. The van der Waals surface area contributed by atoms with Gasteiger partial charge in [-0.1, -0.05) is 0 Å². The molecular weight excluding hydrogens is 246 g/mol. The second-order valence-electron chi connectivity index (χ2n) is 4.13. The Morgan fingerprint density at radius 1 is 1.26 bits per heavy atom. The normalized spacial score (nSPS) is 17.6. The van der Waals surface area contributed by atoms with Gasteiger partial charge in [-0.05, 0) is 30.7 Å². The number of methoxy groups -OCH3 is 2. The topological polar surface area (TPSA) is 72.0 Å². The van der Waals surface area contributed by atoms with Gasteiger partial charge in [0.2, 0.25) is 0 Å². The minimum absolute atomic E-state index is 0.291. The number of hydrazine groups is 1. The van der Waals surface area contributed by atoms with Crippen LogP contribution in [0.4, 0.5) is 5.69 Å². The molecule has 0 amide bonds. The van der Waals surface area contributed by atoms with Crippen molar-refractivity contribution in [1.29, 1.82) is 0 Å². The van der Waals surface area contributed by atoms with Gasteiger partial charge in [0.15, 0.2) is 0 Å². The molecule has 0 bridgehead atoms. The molecule has 1 unspecified atom stereocenters. The third-order valence-corrected chi connectivity index (χ3v) is 2.88. The number of hydrogen-bond acceptors (Lipinski definition) is 6. The van der Waals surface area contributed by atoms with Crippen molar-refractivity contribution in [3.63, 3.8) is 0 Å². The van der Waals surface area contributed by atoms with E-state index >= 15 is 0 Å². The summed E-state index contributed by atoms with van der Waals surface area (Å²) in [5, 5.41) is 0. The third kappa shape index (κ3) is 3.37. The lowest BCUT2D eigenvalue weighted by Crippen LogP contribution is -2.27. The summed E-state index contributed by atoms with van der Waals surface area (Å²) in [5.74, 6) is 1.27. The molecular formula is C13H17N3O3. The first-order valence-electron chi connectivity index (χ1n) is 6.03. The molecule has 1 aromatic carbocycles. The summed E-state index contributed by atoms with van der Waals surface area (Å²) < 4.78 is 9.74. The number of esters is 1. The average Bonchev–Trinajstić information content (AvgIpc) is 2.93. The van der Waals surface area contributed by atoms with Crippen molar-refractivity contribution >= 4 is 17.5 Å². The Morgan fingerprint density at radius 2 is 2.00 bits per heavy atom. The van der Waals surface area contributed by atoms with E-state index in [0.29, 0.717) is 6.42 Å². The van der Waals surface area contributed by atoms with Gasteiger partial charge in [0.25, 0.3) is 0 Å². The number of ether oxygens (including phenoxy) is 2. The zero-order chi connectivity index (χ0) is 13.7. The van der Waals surface area contributed by atoms with Crippen LogP contribution < -0.4 is 15.6 Å². The molecule has 1 aliphatic rings. The fourth-order valence-electron chi connectivity index (χ4n) is 1.81. The molecule has 2 rings (SSSR count). The quantitative estimate of drug-likeness (QED) is 0.633. The highest BCUT2D eigenvalue weighted by atomic mass is 16.5. The lowest BCUT2D eigenvalue weighted by atomic mass is 10.2. The molecule has 2 N–H and O–H groups in total. The van der Waals surface area contributed by atoms with Crippen molar-refractivity contribution in [2.24, 2.45) is 4.99 Å². The molecule has 19 heavy (non-hydrogen) atoms. The van der Waals surface area contributed by atoms with E-state index in [-0.39, 0.29) is 12.0 Å². The third-order valence-electron chi connectivity index (χ3n) is 2.88. The van der Waals surface area contributed by atoms with Crippen molar-refractivity contribution in [1.82, 2.24) is 5.43 Å². The van der Waals surface area contributed by atoms with Crippen molar-refractivity contribution in [3.05, 3.63) is 24.3 Å². The molecule has 0 aromatic heterocycles. The van der Waals surface area contributed by atoms with Gasteiger partial charge in [-0.2, -0.15) is 0 Å². The van der Waals surface area contributed by atoms with Crippen LogP contribution in [0.25, 0.3) is 0 Å². The van der Waals surface area contributed by atoms with E-state index in [1.54, 1.807) is 7.11 Å². The molecule has 0 saturated heterocycles. The minimum atomic E-state index is -0.384. The van der Waals surface area contributed by atoms with E-state index in [2.05, 4.69) is 20.6 Å². The maximum atomic E-state index is 11.3. The molecule has 6 nitrogen and oxygen atoms in total.